The molecule has 0 bridgehead atoms. The highest BCUT2D eigenvalue weighted by atomic mass is 35.5. The lowest BCUT2D eigenvalue weighted by molar-refractivity contribution is 0.648. The van der Waals surface area contributed by atoms with Crippen LogP contribution in [0, 0.1) is 0 Å². The molecular formula is C12H18ClN. The van der Waals surface area contributed by atoms with Gasteiger partial charge in [-0.1, -0.05) is 37.6 Å². The summed E-state index contributed by atoms with van der Waals surface area (Å²) in [5, 5.41) is 4.27. The van der Waals surface area contributed by atoms with Crippen molar-refractivity contribution in [3.05, 3.63) is 34.9 Å². The van der Waals surface area contributed by atoms with Crippen LogP contribution in [0.2, 0.25) is 5.02 Å². The molecule has 1 unspecified atom stereocenters. The van der Waals surface area contributed by atoms with Crippen LogP contribution in [0.25, 0.3) is 0 Å². The normalized spacial score (nSPS) is 20.1. The highest BCUT2D eigenvalue weighted by Crippen LogP contribution is 2.23. The van der Waals surface area contributed by atoms with E-state index in [0.29, 0.717) is 6.04 Å². The first-order valence-electron chi connectivity index (χ1n) is 5.35. The zero-order valence-electron chi connectivity index (χ0n) is 8.89. The van der Waals surface area contributed by atoms with Crippen molar-refractivity contribution in [2.45, 2.75) is 32.7 Å². The third-order valence-corrected chi connectivity index (χ3v) is 2.58. The summed E-state index contributed by atoms with van der Waals surface area (Å²) in [7, 11) is 0. The molecule has 1 heterocycles. The second kappa shape index (κ2) is 6.05. The predicted octanol–water partition coefficient (Wildman–Crippen LogP) is 3.79. The fraction of sp³-hybridized carbons (Fsp3) is 0.500. The number of hydrogen-bond acceptors (Lipinski definition) is 1. The summed E-state index contributed by atoms with van der Waals surface area (Å²) in [5.41, 5.74) is 1.36. The maximum Gasteiger partial charge on any atom is 0.0406 e. The SMILES string of the molecule is CC.Clc1ccc(C2CCCN2)cc1. The van der Waals surface area contributed by atoms with Gasteiger partial charge in [-0.15, -0.1) is 0 Å². The molecule has 1 atom stereocenters. The van der Waals surface area contributed by atoms with Crippen molar-refractivity contribution in [1.29, 1.82) is 0 Å². The van der Waals surface area contributed by atoms with Crippen LogP contribution in [0.4, 0.5) is 0 Å². The van der Waals surface area contributed by atoms with Crippen molar-refractivity contribution in [2.24, 2.45) is 0 Å². The Morgan fingerprint density at radius 1 is 1.21 bits per heavy atom. The molecule has 1 aromatic rings. The van der Waals surface area contributed by atoms with Crippen LogP contribution in [0.3, 0.4) is 0 Å². The van der Waals surface area contributed by atoms with Gasteiger partial charge in [0, 0.05) is 11.1 Å². The Morgan fingerprint density at radius 3 is 2.36 bits per heavy atom. The van der Waals surface area contributed by atoms with Crippen molar-refractivity contribution in [2.75, 3.05) is 6.54 Å². The monoisotopic (exact) mass is 211 g/mol. The number of nitrogens with one attached hydrogen (secondary N) is 1. The molecule has 1 N–H and O–H groups in total. The molecule has 0 radical (unpaired) electrons. The van der Waals surface area contributed by atoms with E-state index in [1.165, 1.54) is 18.4 Å². The molecule has 0 spiro atoms. The van der Waals surface area contributed by atoms with E-state index >= 15 is 0 Å². The van der Waals surface area contributed by atoms with Crippen molar-refractivity contribution >= 4 is 11.6 Å². The Balaban J connectivity index is 0.000000461. The fourth-order valence-corrected chi connectivity index (χ4v) is 1.79. The first-order valence-corrected chi connectivity index (χ1v) is 5.73. The third-order valence-electron chi connectivity index (χ3n) is 2.33. The Morgan fingerprint density at radius 2 is 1.86 bits per heavy atom. The Hall–Kier alpha value is -0.530. The van der Waals surface area contributed by atoms with E-state index in [2.05, 4.69) is 17.4 Å². The van der Waals surface area contributed by atoms with Crippen LogP contribution >= 0.6 is 11.6 Å². The standard InChI is InChI=1S/C10H12ClN.C2H6/c11-9-5-3-8(4-6-9)10-2-1-7-12-10;1-2/h3-6,10,12H,1-2,7H2;1-2H3. The second-order valence-electron chi connectivity index (χ2n) is 3.20. The summed E-state index contributed by atoms with van der Waals surface area (Å²) in [5.74, 6) is 0. The molecule has 2 rings (SSSR count). The summed E-state index contributed by atoms with van der Waals surface area (Å²) in [6.07, 6.45) is 2.54. The molecule has 2 heteroatoms. The van der Waals surface area contributed by atoms with Crippen molar-refractivity contribution in [1.82, 2.24) is 5.32 Å². The van der Waals surface area contributed by atoms with Crippen LogP contribution in [0.15, 0.2) is 24.3 Å². The average molecular weight is 212 g/mol. The van der Waals surface area contributed by atoms with Crippen molar-refractivity contribution in [3.63, 3.8) is 0 Å². The van der Waals surface area contributed by atoms with Crippen LogP contribution in [0.5, 0.6) is 0 Å². The smallest absolute Gasteiger partial charge is 0.0406 e. The Bertz CT molecular complexity index is 250. The largest absolute Gasteiger partial charge is 0.310 e. The van der Waals surface area contributed by atoms with Gasteiger partial charge in [-0.3, -0.25) is 0 Å². The lowest BCUT2D eigenvalue weighted by atomic mass is 10.1. The van der Waals surface area contributed by atoms with Gasteiger partial charge in [-0.25, -0.2) is 0 Å². The molecule has 78 valence electrons. The Labute approximate surface area is 91.5 Å². The first kappa shape index (κ1) is 11.5. The molecule has 0 amide bonds. The summed E-state index contributed by atoms with van der Waals surface area (Å²) < 4.78 is 0. The summed E-state index contributed by atoms with van der Waals surface area (Å²) >= 11 is 5.80. The van der Waals surface area contributed by atoms with Gasteiger partial charge in [0.15, 0.2) is 0 Å². The van der Waals surface area contributed by atoms with Crippen LogP contribution < -0.4 is 5.32 Å². The number of hydrogen-bond donors (Lipinski definition) is 1. The summed E-state index contributed by atoms with van der Waals surface area (Å²) in [4.78, 5) is 0. The number of benzene rings is 1. The third kappa shape index (κ3) is 3.00. The van der Waals surface area contributed by atoms with E-state index in [1.807, 2.05) is 26.0 Å². The lowest BCUT2D eigenvalue weighted by Crippen LogP contribution is -2.12. The summed E-state index contributed by atoms with van der Waals surface area (Å²) in [6.45, 7) is 5.15. The zero-order valence-corrected chi connectivity index (χ0v) is 9.64. The van der Waals surface area contributed by atoms with Gasteiger partial charge in [0.05, 0.1) is 0 Å². The van der Waals surface area contributed by atoms with E-state index in [9.17, 15) is 0 Å². The lowest BCUT2D eigenvalue weighted by Gasteiger charge is -2.09. The van der Waals surface area contributed by atoms with Gasteiger partial charge in [0.1, 0.15) is 0 Å². The van der Waals surface area contributed by atoms with Gasteiger partial charge in [0.2, 0.25) is 0 Å². The second-order valence-corrected chi connectivity index (χ2v) is 3.64. The van der Waals surface area contributed by atoms with E-state index in [-0.39, 0.29) is 0 Å². The first-order chi connectivity index (χ1) is 6.86. The van der Waals surface area contributed by atoms with E-state index in [1.54, 1.807) is 0 Å². The maximum absolute atomic E-state index is 5.80. The molecule has 1 aliphatic rings. The number of rotatable bonds is 1. The molecule has 0 aliphatic carbocycles. The molecule has 14 heavy (non-hydrogen) atoms. The van der Waals surface area contributed by atoms with Crippen molar-refractivity contribution in [3.8, 4) is 0 Å². The highest BCUT2D eigenvalue weighted by Gasteiger charge is 2.15. The van der Waals surface area contributed by atoms with Crippen LogP contribution in [0.1, 0.15) is 38.3 Å². The molecule has 1 nitrogen and oxygen atoms in total. The van der Waals surface area contributed by atoms with E-state index in [4.69, 9.17) is 11.6 Å². The molecule has 1 aliphatic heterocycles. The quantitative estimate of drug-likeness (QED) is 0.746. The number of halogens is 1. The minimum Gasteiger partial charge on any atom is -0.310 e. The molecule has 1 aromatic carbocycles. The van der Waals surface area contributed by atoms with Gasteiger partial charge < -0.3 is 5.32 Å². The average Bonchev–Trinajstić information content (AvgIpc) is 2.75. The predicted molar refractivity (Wildman–Crippen MR) is 62.8 cm³/mol. The van der Waals surface area contributed by atoms with Gasteiger partial charge in [-0.2, -0.15) is 0 Å². The molecular weight excluding hydrogens is 194 g/mol. The minimum atomic E-state index is 0.558. The van der Waals surface area contributed by atoms with E-state index < -0.39 is 0 Å². The molecule has 0 saturated carbocycles. The maximum atomic E-state index is 5.80. The van der Waals surface area contributed by atoms with Crippen LogP contribution in [-0.2, 0) is 0 Å². The topological polar surface area (TPSA) is 12.0 Å². The van der Waals surface area contributed by atoms with Crippen molar-refractivity contribution < 1.29 is 0 Å². The van der Waals surface area contributed by atoms with Gasteiger partial charge in [0.25, 0.3) is 0 Å². The molecule has 1 saturated heterocycles. The molecule has 0 aromatic heterocycles. The van der Waals surface area contributed by atoms with E-state index in [0.717, 1.165) is 11.6 Å². The van der Waals surface area contributed by atoms with Gasteiger partial charge in [-0.05, 0) is 37.1 Å². The molecule has 1 fully saturated rings. The van der Waals surface area contributed by atoms with Gasteiger partial charge >= 0.3 is 0 Å². The zero-order chi connectivity index (χ0) is 10.4. The minimum absolute atomic E-state index is 0.558. The Kier molecular flexibility index (Phi) is 4.99. The highest BCUT2D eigenvalue weighted by molar-refractivity contribution is 6.30. The van der Waals surface area contributed by atoms with Crippen LogP contribution in [-0.4, -0.2) is 6.54 Å². The fourth-order valence-electron chi connectivity index (χ4n) is 1.66. The summed E-state index contributed by atoms with van der Waals surface area (Å²) in [6, 6.07) is 8.67.